The largest absolute Gasteiger partial charge is 0.399 e. The highest BCUT2D eigenvalue weighted by molar-refractivity contribution is 5.80. The second kappa shape index (κ2) is 6.32. The SMILES string of the molecule is CCn1ncnc1CC(=O)CC(C)c1ccc(N)cc1. The van der Waals surface area contributed by atoms with E-state index in [4.69, 9.17) is 5.73 Å². The van der Waals surface area contributed by atoms with E-state index in [0.717, 1.165) is 23.6 Å². The van der Waals surface area contributed by atoms with Crippen LogP contribution in [0.4, 0.5) is 5.69 Å². The van der Waals surface area contributed by atoms with E-state index in [0.29, 0.717) is 12.8 Å². The number of hydrogen-bond donors (Lipinski definition) is 1. The standard InChI is InChI=1S/C15H20N4O/c1-3-19-15(17-10-18-19)9-14(20)8-11(2)12-4-6-13(16)7-5-12/h4-7,10-11H,3,8-9,16H2,1-2H3. The van der Waals surface area contributed by atoms with Crippen molar-refractivity contribution in [2.75, 3.05) is 5.73 Å². The predicted octanol–water partition coefficient (Wildman–Crippen LogP) is 2.19. The molecule has 0 amide bonds. The number of Topliss-reactive ketones (excluding diaryl/α,β-unsaturated/α-hetero) is 1. The summed E-state index contributed by atoms with van der Waals surface area (Å²) in [5.41, 5.74) is 7.53. The molecule has 0 aliphatic carbocycles. The van der Waals surface area contributed by atoms with Crippen molar-refractivity contribution in [1.29, 1.82) is 0 Å². The van der Waals surface area contributed by atoms with Crippen molar-refractivity contribution in [2.45, 2.75) is 39.2 Å². The van der Waals surface area contributed by atoms with Crippen molar-refractivity contribution >= 4 is 11.5 Å². The number of carbonyl (C=O) groups excluding carboxylic acids is 1. The van der Waals surface area contributed by atoms with E-state index in [-0.39, 0.29) is 11.7 Å². The fourth-order valence-corrected chi connectivity index (χ4v) is 2.22. The number of anilines is 1. The van der Waals surface area contributed by atoms with E-state index in [1.54, 1.807) is 4.68 Å². The molecule has 2 rings (SSSR count). The smallest absolute Gasteiger partial charge is 0.141 e. The van der Waals surface area contributed by atoms with Gasteiger partial charge in [-0.3, -0.25) is 4.79 Å². The van der Waals surface area contributed by atoms with E-state index in [1.165, 1.54) is 6.33 Å². The zero-order valence-corrected chi connectivity index (χ0v) is 11.9. The molecular weight excluding hydrogens is 252 g/mol. The Morgan fingerprint density at radius 2 is 2.05 bits per heavy atom. The molecular formula is C15H20N4O. The molecule has 20 heavy (non-hydrogen) atoms. The van der Waals surface area contributed by atoms with Gasteiger partial charge in [0.25, 0.3) is 0 Å². The number of carbonyl (C=O) groups is 1. The molecule has 106 valence electrons. The Morgan fingerprint density at radius 3 is 2.70 bits per heavy atom. The van der Waals surface area contributed by atoms with Crippen LogP contribution in [-0.4, -0.2) is 20.5 Å². The minimum Gasteiger partial charge on any atom is -0.399 e. The Hall–Kier alpha value is -2.17. The van der Waals surface area contributed by atoms with Crippen LogP contribution in [0.5, 0.6) is 0 Å². The molecule has 2 aromatic rings. The number of aryl methyl sites for hydroxylation is 1. The van der Waals surface area contributed by atoms with Gasteiger partial charge in [-0.2, -0.15) is 5.10 Å². The lowest BCUT2D eigenvalue weighted by Crippen LogP contribution is -2.12. The average molecular weight is 272 g/mol. The molecule has 1 heterocycles. The van der Waals surface area contributed by atoms with Gasteiger partial charge in [-0.1, -0.05) is 19.1 Å². The first-order valence-corrected chi connectivity index (χ1v) is 6.84. The molecule has 0 radical (unpaired) electrons. The third-order valence-electron chi connectivity index (χ3n) is 3.39. The maximum atomic E-state index is 12.1. The molecule has 0 bridgehead atoms. The van der Waals surface area contributed by atoms with Gasteiger partial charge in [0.15, 0.2) is 0 Å². The van der Waals surface area contributed by atoms with Gasteiger partial charge in [0.1, 0.15) is 17.9 Å². The van der Waals surface area contributed by atoms with Crippen LogP contribution in [-0.2, 0) is 17.8 Å². The molecule has 0 spiro atoms. The van der Waals surface area contributed by atoms with E-state index in [2.05, 4.69) is 10.1 Å². The van der Waals surface area contributed by atoms with Crippen LogP contribution < -0.4 is 5.73 Å². The van der Waals surface area contributed by atoms with E-state index in [9.17, 15) is 4.79 Å². The Kier molecular flexibility index (Phi) is 4.50. The Balaban J connectivity index is 1.96. The molecule has 5 heteroatoms. The summed E-state index contributed by atoms with van der Waals surface area (Å²) in [6, 6.07) is 7.68. The summed E-state index contributed by atoms with van der Waals surface area (Å²) in [5.74, 6) is 1.10. The Morgan fingerprint density at radius 1 is 1.35 bits per heavy atom. The number of aromatic nitrogens is 3. The number of benzene rings is 1. The lowest BCUT2D eigenvalue weighted by molar-refractivity contribution is -0.118. The molecule has 0 aliphatic rings. The normalized spacial score (nSPS) is 12.3. The summed E-state index contributed by atoms with van der Waals surface area (Å²) < 4.78 is 1.76. The third-order valence-corrected chi connectivity index (χ3v) is 3.39. The van der Waals surface area contributed by atoms with Gasteiger partial charge < -0.3 is 5.73 Å². The van der Waals surface area contributed by atoms with Gasteiger partial charge in [0.05, 0.1) is 6.42 Å². The molecule has 2 N–H and O–H groups in total. The van der Waals surface area contributed by atoms with Gasteiger partial charge in [0, 0.05) is 18.7 Å². The zero-order chi connectivity index (χ0) is 14.5. The minimum absolute atomic E-state index is 0.178. The molecule has 1 unspecified atom stereocenters. The van der Waals surface area contributed by atoms with E-state index in [1.807, 2.05) is 38.1 Å². The van der Waals surface area contributed by atoms with E-state index < -0.39 is 0 Å². The van der Waals surface area contributed by atoms with Crippen LogP contribution in [0.15, 0.2) is 30.6 Å². The lowest BCUT2D eigenvalue weighted by Gasteiger charge is -2.11. The first-order valence-electron chi connectivity index (χ1n) is 6.84. The van der Waals surface area contributed by atoms with Crippen molar-refractivity contribution in [3.63, 3.8) is 0 Å². The highest BCUT2D eigenvalue weighted by Gasteiger charge is 2.14. The van der Waals surface area contributed by atoms with Crippen molar-refractivity contribution in [3.05, 3.63) is 42.0 Å². The van der Waals surface area contributed by atoms with Crippen LogP contribution in [0, 0.1) is 0 Å². The first kappa shape index (κ1) is 14.2. The van der Waals surface area contributed by atoms with Crippen molar-refractivity contribution in [1.82, 2.24) is 14.8 Å². The van der Waals surface area contributed by atoms with Crippen LogP contribution in [0.1, 0.15) is 37.6 Å². The molecule has 1 aromatic carbocycles. The third kappa shape index (κ3) is 3.44. The van der Waals surface area contributed by atoms with Crippen LogP contribution >= 0.6 is 0 Å². The number of nitrogens with two attached hydrogens (primary N) is 1. The molecule has 0 aliphatic heterocycles. The molecule has 5 nitrogen and oxygen atoms in total. The maximum absolute atomic E-state index is 12.1. The van der Waals surface area contributed by atoms with Gasteiger partial charge in [-0.25, -0.2) is 9.67 Å². The van der Waals surface area contributed by atoms with Crippen molar-refractivity contribution in [2.24, 2.45) is 0 Å². The average Bonchev–Trinajstić information content (AvgIpc) is 2.86. The number of ketones is 1. The Labute approximate surface area is 118 Å². The first-order chi connectivity index (χ1) is 9.60. The summed E-state index contributed by atoms with van der Waals surface area (Å²) in [7, 11) is 0. The number of nitrogens with zero attached hydrogens (tertiary/aromatic N) is 3. The highest BCUT2D eigenvalue weighted by atomic mass is 16.1. The fraction of sp³-hybridized carbons (Fsp3) is 0.400. The van der Waals surface area contributed by atoms with E-state index >= 15 is 0 Å². The summed E-state index contributed by atoms with van der Waals surface area (Å²) in [4.78, 5) is 16.3. The zero-order valence-electron chi connectivity index (χ0n) is 11.9. The highest BCUT2D eigenvalue weighted by Crippen LogP contribution is 2.21. The number of nitrogen functional groups attached to an aromatic ring is 1. The lowest BCUT2D eigenvalue weighted by atomic mass is 9.94. The topological polar surface area (TPSA) is 73.8 Å². The van der Waals surface area contributed by atoms with Crippen molar-refractivity contribution < 1.29 is 4.79 Å². The summed E-state index contributed by atoms with van der Waals surface area (Å²) >= 11 is 0. The van der Waals surface area contributed by atoms with Crippen molar-refractivity contribution in [3.8, 4) is 0 Å². The molecule has 0 fully saturated rings. The summed E-state index contributed by atoms with van der Waals surface area (Å²) in [6.45, 7) is 4.77. The molecule has 1 atom stereocenters. The van der Waals surface area contributed by atoms with Gasteiger partial charge in [0.2, 0.25) is 0 Å². The summed E-state index contributed by atoms with van der Waals surface area (Å²) in [6.07, 6.45) is 2.34. The molecule has 0 saturated carbocycles. The van der Waals surface area contributed by atoms with Crippen LogP contribution in [0.25, 0.3) is 0 Å². The monoisotopic (exact) mass is 272 g/mol. The molecule has 1 aromatic heterocycles. The maximum Gasteiger partial charge on any atom is 0.141 e. The predicted molar refractivity (Wildman–Crippen MR) is 78.3 cm³/mol. The van der Waals surface area contributed by atoms with Crippen LogP contribution in [0.3, 0.4) is 0 Å². The quantitative estimate of drug-likeness (QED) is 0.818. The van der Waals surface area contributed by atoms with Gasteiger partial charge in [-0.05, 0) is 30.5 Å². The van der Waals surface area contributed by atoms with Crippen LogP contribution in [0.2, 0.25) is 0 Å². The second-order valence-corrected chi connectivity index (χ2v) is 4.98. The number of hydrogen-bond acceptors (Lipinski definition) is 4. The second-order valence-electron chi connectivity index (χ2n) is 4.98. The summed E-state index contributed by atoms with van der Waals surface area (Å²) in [5, 5.41) is 4.07. The van der Waals surface area contributed by atoms with Gasteiger partial charge >= 0.3 is 0 Å². The number of rotatable bonds is 6. The minimum atomic E-state index is 0.178. The molecule has 0 saturated heterocycles. The Bertz CT molecular complexity index is 574. The fourth-order valence-electron chi connectivity index (χ4n) is 2.22. The van der Waals surface area contributed by atoms with Gasteiger partial charge in [-0.15, -0.1) is 0 Å².